The predicted octanol–water partition coefficient (Wildman–Crippen LogP) is 6.15. The van der Waals surface area contributed by atoms with Gasteiger partial charge in [-0.25, -0.2) is 9.19 Å². The van der Waals surface area contributed by atoms with Gasteiger partial charge in [-0.1, -0.05) is 60.0 Å². The maximum Gasteiger partial charge on any atom is 0.258 e. The molecule has 0 radical (unpaired) electrons. The van der Waals surface area contributed by atoms with Crippen LogP contribution in [0.1, 0.15) is 40.0 Å². The third-order valence-electron chi connectivity index (χ3n) is 7.24. The summed E-state index contributed by atoms with van der Waals surface area (Å²) < 4.78 is 16.3. The van der Waals surface area contributed by atoms with E-state index in [1.807, 2.05) is 0 Å². The van der Waals surface area contributed by atoms with Crippen molar-refractivity contribution in [1.82, 2.24) is 14.6 Å². The fraction of sp³-hybridized carbons (Fsp3) is 0.182. The minimum Gasteiger partial charge on any atom is -0.321 e. The number of halogens is 2. The Morgan fingerprint density at radius 2 is 1.56 bits per heavy atom. The van der Waals surface area contributed by atoms with Gasteiger partial charge in [-0.3, -0.25) is 24.0 Å². The molecule has 12 heteroatoms. The Hall–Kier alpha value is -4.22. The predicted molar refractivity (Wildman–Crippen MR) is 180 cm³/mol. The van der Waals surface area contributed by atoms with Crippen LogP contribution in [0.25, 0.3) is 11.1 Å². The van der Waals surface area contributed by atoms with E-state index in [9.17, 15) is 18.6 Å². The van der Waals surface area contributed by atoms with Crippen LogP contribution in [0, 0.1) is 0 Å². The highest BCUT2D eigenvalue weighted by Crippen LogP contribution is 2.28. The molecule has 45 heavy (non-hydrogen) atoms. The number of aromatic nitrogens is 1. The maximum atomic E-state index is 13.7. The standard InChI is InChI=1S/C33H31Cl2N5O4S/c1-45(44,39-31(41)21-40-17-5-2-6-18-40)29-8-4-3-7-26(29)22-9-11-23(12-10-22)32(42)37-28-15-13-24(34)19-27(28)33(43)38-30-16-14-25(35)20-36-30/h3-4,7-16,19-20H,1-2,5-6,17-18,21H2,(H,37,42)(H,36,38,43)(H,39,41,44). The van der Waals surface area contributed by atoms with E-state index in [0.717, 1.165) is 32.4 Å². The van der Waals surface area contributed by atoms with Gasteiger partial charge in [0.1, 0.15) is 5.82 Å². The first-order valence-electron chi connectivity index (χ1n) is 14.2. The lowest BCUT2D eigenvalue weighted by Crippen LogP contribution is -2.41. The van der Waals surface area contributed by atoms with Crippen molar-refractivity contribution < 1.29 is 18.6 Å². The Morgan fingerprint density at radius 3 is 2.27 bits per heavy atom. The number of carbonyl (C=O) groups excluding carboxylic acids is 3. The third-order valence-corrected chi connectivity index (χ3v) is 9.32. The van der Waals surface area contributed by atoms with Crippen molar-refractivity contribution in [1.29, 1.82) is 0 Å². The van der Waals surface area contributed by atoms with Crippen molar-refractivity contribution in [2.45, 2.75) is 24.2 Å². The second kappa shape index (κ2) is 14.3. The van der Waals surface area contributed by atoms with Crippen molar-refractivity contribution in [3.63, 3.8) is 0 Å². The highest BCUT2D eigenvalue weighted by Gasteiger charge is 2.20. The molecule has 2 heterocycles. The molecule has 1 unspecified atom stereocenters. The van der Waals surface area contributed by atoms with Crippen LogP contribution in [0.5, 0.6) is 0 Å². The van der Waals surface area contributed by atoms with E-state index in [1.54, 1.807) is 72.8 Å². The van der Waals surface area contributed by atoms with Gasteiger partial charge in [0, 0.05) is 16.8 Å². The third kappa shape index (κ3) is 8.29. The van der Waals surface area contributed by atoms with Crippen LogP contribution in [0.2, 0.25) is 10.0 Å². The van der Waals surface area contributed by atoms with E-state index in [0.29, 0.717) is 31.6 Å². The molecule has 9 nitrogen and oxygen atoms in total. The largest absolute Gasteiger partial charge is 0.321 e. The molecule has 0 bridgehead atoms. The molecule has 3 amide bonds. The minimum atomic E-state index is -3.16. The minimum absolute atomic E-state index is 0.144. The number of amides is 3. The van der Waals surface area contributed by atoms with Crippen LogP contribution in [-0.4, -0.2) is 57.3 Å². The molecule has 5 rings (SSSR count). The topological polar surface area (TPSA) is 121 Å². The van der Waals surface area contributed by atoms with Crippen LogP contribution in [0.15, 0.2) is 90.0 Å². The summed E-state index contributed by atoms with van der Waals surface area (Å²) in [5.74, 6) is 2.84. The van der Waals surface area contributed by atoms with Gasteiger partial charge in [0.15, 0.2) is 0 Å². The molecule has 0 spiro atoms. The average Bonchev–Trinajstić information content (AvgIpc) is 3.03. The number of pyridine rings is 1. The lowest BCUT2D eigenvalue weighted by atomic mass is 10.0. The fourth-order valence-electron chi connectivity index (χ4n) is 5.03. The smallest absolute Gasteiger partial charge is 0.258 e. The summed E-state index contributed by atoms with van der Waals surface area (Å²) in [7, 11) is -3.16. The zero-order valence-electron chi connectivity index (χ0n) is 24.2. The Balaban J connectivity index is 1.30. The second-order valence-corrected chi connectivity index (χ2v) is 13.4. The molecule has 3 aromatic carbocycles. The number of rotatable bonds is 9. The summed E-state index contributed by atoms with van der Waals surface area (Å²) >= 11 is 12.0. The lowest BCUT2D eigenvalue weighted by Gasteiger charge is -2.26. The van der Waals surface area contributed by atoms with Gasteiger partial charge >= 0.3 is 0 Å². The van der Waals surface area contributed by atoms with Crippen LogP contribution in [-0.2, 0) is 14.5 Å². The first-order chi connectivity index (χ1) is 21.6. The van der Waals surface area contributed by atoms with E-state index < -0.39 is 21.5 Å². The number of nitrogens with one attached hydrogen (secondary N) is 3. The molecule has 1 aliphatic heterocycles. The normalized spacial score (nSPS) is 14.6. The first-order valence-corrected chi connectivity index (χ1v) is 16.7. The number of piperidine rings is 1. The van der Waals surface area contributed by atoms with Gasteiger partial charge < -0.3 is 10.6 Å². The van der Waals surface area contributed by atoms with Gasteiger partial charge in [-0.2, -0.15) is 0 Å². The fourth-order valence-corrected chi connectivity index (χ4v) is 6.69. The van der Waals surface area contributed by atoms with Crippen molar-refractivity contribution in [3.05, 3.63) is 106 Å². The highest BCUT2D eigenvalue weighted by molar-refractivity contribution is 7.99. The molecule has 1 atom stereocenters. The second-order valence-electron chi connectivity index (χ2n) is 10.6. The van der Waals surface area contributed by atoms with E-state index in [4.69, 9.17) is 23.2 Å². The lowest BCUT2D eigenvalue weighted by molar-refractivity contribution is -0.120. The summed E-state index contributed by atoms with van der Waals surface area (Å²) in [5, 5.41) is 6.18. The molecule has 232 valence electrons. The SMILES string of the molecule is C=S(=O)(NC(=O)CN1CCCCC1)c1ccccc1-c1ccc(C(=O)Nc2ccc(Cl)cc2C(=O)Nc2ccc(Cl)cn2)cc1. The molecule has 3 N–H and O–H groups in total. The molecule has 1 aliphatic rings. The Labute approximate surface area is 272 Å². The van der Waals surface area contributed by atoms with Crippen molar-refractivity contribution in [3.8, 4) is 11.1 Å². The van der Waals surface area contributed by atoms with Crippen molar-refractivity contribution >= 4 is 68.0 Å². The van der Waals surface area contributed by atoms with Crippen LogP contribution < -0.4 is 15.4 Å². The molecule has 4 aromatic rings. The molecule has 1 fully saturated rings. The molecule has 1 saturated heterocycles. The van der Waals surface area contributed by atoms with Gasteiger partial charge in [-0.15, -0.1) is 0 Å². The number of hydrogen-bond acceptors (Lipinski definition) is 6. The summed E-state index contributed by atoms with van der Waals surface area (Å²) in [4.78, 5) is 45.5. The molecule has 0 aliphatic carbocycles. The molecular weight excluding hydrogens is 633 g/mol. The van der Waals surface area contributed by atoms with E-state index >= 15 is 0 Å². The summed E-state index contributed by atoms with van der Waals surface area (Å²) in [6.45, 7) is 1.86. The van der Waals surface area contributed by atoms with Gasteiger partial charge in [0.2, 0.25) is 5.91 Å². The number of hydrogen-bond donors (Lipinski definition) is 3. The molecular formula is C33H31Cl2N5O4S. The number of benzene rings is 3. The zero-order chi connectivity index (χ0) is 32.0. The Morgan fingerprint density at radius 1 is 0.844 bits per heavy atom. The highest BCUT2D eigenvalue weighted by atomic mass is 35.5. The van der Waals surface area contributed by atoms with Crippen molar-refractivity contribution in [2.75, 3.05) is 30.3 Å². The van der Waals surface area contributed by atoms with E-state index in [2.05, 4.69) is 31.1 Å². The average molecular weight is 665 g/mol. The number of carbonyl (C=O) groups is 3. The molecule has 1 aromatic heterocycles. The number of likely N-dealkylation sites (tertiary alicyclic amines) is 1. The van der Waals surface area contributed by atoms with Gasteiger partial charge in [-0.05, 0) is 91.5 Å². The molecule has 0 saturated carbocycles. The van der Waals surface area contributed by atoms with Crippen LogP contribution in [0.3, 0.4) is 0 Å². The van der Waals surface area contributed by atoms with Crippen molar-refractivity contribution in [2.24, 2.45) is 0 Å². The number of anilines is 2. The zero-order valence-corrected chi connectivity index (χ0v) is 26.6. The monoisotopic (exact) mass is 663 g/mol. The summed E-state index contributed by atoms with van der Waals surface area (Å²) in [5.41, 5.74) is 2.02. The maximum absolute atomic E-state index is 13.7. The summed E-state index contributed by atoms with van der Waals surface area (Å²) in [6, 6.07) is 21.4. The van der Waals surface area contributed by atoms with E-state index in [-0.39, 0.29) is 29.5 Å². The van der Waals surface area contributed by atoms with Crippen LogP contribution >= 0.6 is 23.2 Å². The van der Waals surface area contributed by atoms with E-state index in [1.165, 1.54) is 12.3 Å². The van der Waals surface area contributed by atoms with Gasteiger partial charge in [0.05, 0.1) is 37.4 Å². The quantitative estimate of drug-likeness (QED) is 0.185. The van der Waals surface area contributed by atoms with Gasteiger partial charge in [0.25, 0.3) is 11.8 Å². The first kappa shape index (κ1) is 32.2. The number of nitrogens with zero attached hydrogens (tertiary/aromatic N) is 2. The van der Waals surface area contributed by atoms with Crippen LogP contribution in [0.4, 0.5) is 11.5 Å². The summed E-state index contributed by atoms with van der Waals surface area (Å²) in [6.07, 6.45) is 4.65. The Kier molecular flexibility index (Phi) is 10.2. The Bertz CT molecular complexity index is 1830.